The van der Waals surface area contributed by atoms with Crippen molar-refractivity contribution in [3.8, 4) is 22.4 Å². The normalized spacial score (nSPS) is 12.0. The average Bonchev–Trinajstić information content (AvgIpc) is 3.36. The van der Waals surface area contributed by atoms with Crippen LogP contribution in [-0.4, -0.2) is 14.9 Å². The van der Waals surface area contributed by atoms with Gasteiger partial charge >= 0.3 is 0 Å². The number of hydrogen-bond acceptors (Lipinski definition) is 4. The Labute approximate surface area is 186 Å². The minimum atomic E-state index is -0.0574. The molecule has 3 nitrogen and oxygen atoms in total. The predicted octanol–water partition coefficient (Wildman–Crippen LogP) is 7.15. The standard InChI is InChI=1S/C25H27N3S2/c1-24(2,3)17-25(4,5)27-22-21(26-23-28(22)15-16-29-23)20-14-13-19(30-20)12-11-18-9-7-6-8-10-18/h6-10,13-16,27H,17H2,1-5H3. The molecule has 0 radical (unpaired) electrons. The van der Waals surface area contributed by atoms with Gasteiger partial charge in [-0.25, -0.2) is 4.98 Å². The number of aromatic nitrogens is 2. The maximum atomic E-state index is 4.94. The van der Waals surface area contributed by atoms with Crippen LogP contribution < -0.4 is 5.32 Å². The second kappa shape index (κ2) is 7.94. The van der Waals surface area contributed by atoms with Crippen molar-refractivity contribution in [3.63, 3.8) is 0 Å². The summed E-state index contributed by atoms with van der Waals surface area (Å²) in [6.07, 6.45) is 3.14. The molecule has 5 heteroatoms. The van der Waals surface area contributed by atoms with E-state index in [0.717, 1.165) is 38.2 Å². The van der Waals surface area contributed by atoms with Crippen molar-refractivity contribution >= 4 is 33.5 Å². The average molecular weight is 434 g/mol. The minimum Gasteiger partial charge on any atom is -0.364 e. The van der Waals surface area contributed by atoms with E-state index in [9.17, 15) is 0 Å². The number of imidazole rings is 1. The summed E-state index contributed by atoms with van der Waals surface area (Å²) in [5, 5.41) is 5.88. The van der Waals surface area contributed by atoms with Gasteiger partial charge in [-0.2, -0.15) is 0 Å². The minimum absolute atomic E-state index is 0.0574. The fraction of sp³-hybridized carbons (Fsp3) is 0.320. The van der Waals surface area contributed by atoms with Gasteiger partial charge in [0.25, 0.3) is 0 Å². The smallest absolute Gasteiger partial charge is 0.195 e. The van der Waals surface area contributed by atoms with Crippen LogP contribution in [0.4, 0.5) is 5.82 Å². The number of thiophene rings is 1. The SMILES string of the molecule is CC(C)(C)CC(C)(C)Nc1c(-c2ccc(C#Cc3ccccc3)s2)nc2sccn12. The van der Waals surface area contributed by atoms with Crippen LogP contribution in [0.2, 0.25) is 0 Å². The molecule has 0 unspecified atom stereocenters. The zero-order valence-electron chi connectivity index (χ0n) is 18.1. The van der Waals surface area contributed by atoms with Gasteiger partial charge in [-0.05, 0) is 49.9 Å². The summed E-state index contributed by atoms with van der Waals surface area (Å²) in [5.41, 5.74) is 2.21. The number of anilines is 1. The van der Waals surface area contributed by atoms with Gasteiger partial charge < -0.3 is 5.32 Å². The molecule has 1 N–H and O–H groups in total. The van der Waals surface area contributed by atoms with E-state index in [2.05, 4.69) is 79.9 Å². The number of thiazole rings is 1. The first kappa shape index (κ1) is 20.7. The van der Waals surface area contributed by atoms with Crippen LogP contribution in [0.5, 0.6) is 0 Å². The molecule has 0 fully saturated rings. The van der Waals surface area contributed by atoms with E-state index >= 15 is 0 Å². The second-order valence-corrected chi connectivity index (χ2v) is 11.3. The Morgan fingerprint density at radius 3 is 2.50 bits per heavy atom. The lowest BCUT2D eigenvalue weighted by Crippen LogP contribution is -2.36. The van der Waals surface area contributed by atoms with Crippen LogP contribution in [0.3, 0.4) is 0 Å². The van der Waals surface area contributed by atoms with Crippen LogP contribution in [0, 0.1) is 17.3 Å². The van der Waals surface area contributed by atoms with E-state index < -0.39 is 0 Å². The van der Waals surface area contributed by atoms with E-state index in [1.807, 2.05) is 30.3 Å². The summed E-state index contributed by atoms with van der Waals surface area (Å²) in [4.78, 5) is 8.12. The summed E-state index contributed by atoms with van der Waals surface area (Å²) in [6, 6.07) is 14.3. The molecular formula is C25H27N3S2. The zero-order chi connectivity index (χ0) is 21.4. The molecule has 0 bridgehead atoms. The number of nitrogens with zero attached hydrogens (tertiary/aromatic N) is 2. The molecule has 0 aliphatic carbocycles. The number of fused-ring (bicyclic) bond motifs is 1. The summed E-state index contributed by atoms with van der Waals surface area (Å²) < 4.78 is 2.17. The van der Waals surface area contributed by atoms with E-state index in [1.165, 1.54) is 0 Å². The topological polar surface area (TPSA) is 29.3 Å². The lowest BCUT2D eigenvalue weighted by Gasteiger charge is -2.34. The van der Waals surface area contributed by atoms with Gasteiger partial charge in [-0.3, -0.25) is 4.40 Å². The Bertz CT molecular complexity index is 1210. The van der Waals surface area contributed by atoms with Gasteiger partial charge in [0.2, 0.25) is 0 Å². The van der Waals surface area contributed by atoms with Crippen LogP contribution in [0.25, 0.3) is 15.5 Å². The summed E-state index contributed by atoms with van der Waals surface area (Å²) in [5.74, 6) is 7.60. The molecular weight excluding hydrogens is 406 g/mol. The Balaban J connectivity index is 1.67. The summed E-state index contributed by atoms with van der Waals surface area (Å²) >= 11 is 3.35. The maximum absolute atomic E-state index is 4.94. The van der Waals surface area contributed by atoms with E-state index in [0.29, 0.717) is 0 Å². The van der Waals surface area contributed by atoms with Gasteiger partial charge in [0.05, 0.1) is 9.75 Å². The predicted molar refractivity (Wildman–Crippen MR) is 131 cm³/mol. The molecule has 4 aromatic rings. The number of benzene rings is 1. The molecule has 0 saturated heterocycles. The highest BCUT2D eigenvalue weighted by Gasteiger charge is 2.28. The van der Waals surface area contributed by atoms with Gasteiger partial charge in [0.15, 0.2) is 4.96 Å². The first-order valence-electron chi connectivity index (χ1n) is 10.1. The molecule has 3 heterocycles. The van der Waals surface area contributed by atoms with Gasteiger partial charge in [0, 0.05) is 22.7 Å². The molecule has 0 aliphatic heterocycles. The highest BCUT2D eigenvalue weighted by atomic mass is 32.1. The van der Waals surface area contributed by atoms with Gasteiger partial charge in [0.1, 0.15) is 11.5 Å². The largest absolute Gasteiger partial charge is 0.364 e. The first-order valence-corrected chi connectivity index (χ1v) is 11.8. The van der Waals surface area contributed by atoms with Crippen molar-refractivity contribution < 1.29 is 0 Å². The number of nitrogens with one attached hydrogen (secondary N) is 1. The van der Waals surface area contributed by atoms with Crippen molar-refractivity contribution in [1.29, 1.82) is 0 Å². The molecule has 30 heavy (non-hydrogen) atoms. The Morgan fingerprint density at radius 2 is 1.77 bits per heavy atom. The van der Waals surface area contributed by atoms with Crippen LogP contribution in [0.15, 0.2) is 54.0 Å². The molecule has 154 valence electrons. The summed E-state index contributed by atoms with van der Waals surface area (Å²) in [7, 11) is 0. The molecule has 0 aliphatic rings. The Morgan fingerprint density at radius 1 is 1.00 bits per heavy atom. The maximum Gasteiger partial charge on any atom is 0.195 e. The van der Waals surface area contributed by atoms with Gasteiger partial charge in [-0.15, -0.1) is 22.7 Å². The third-order valence-electron chi connectivity index (χ3n) is 4.63. The monoisotopic (exact) mass is 433 g/mol. The molecule has 0 spiro atoms. The lowest BCUT2D eigenvalue weighted by molar-refractivity contribution is 0.302. The third-order valence-corrected chi connectivity index (χ3v) is 6.40. The fourth-order valence-electron chi connectivity index (χ4n) is 3.96. The molecule has 0 atom stereocenters. The Kier molecular flexibility index (Phi) is 5.48. The van der Waals surface area contributed by atoms with Crippen LogP contribution in [0.1, 0.15) is 51.5 Å². The molecule has 0 saturated carbocycles. The molecule has 3 aromatic heterocycles. The quantitative estimate of drug-likeness (QED) is 0.346. The number of rotatable bonds is 4. The molecule has 0 amide bonds. The lowest BCUT2D eigenvalue weighted by atomic mass is 9.82. The van der Waals surface area contributed by atoms with Crippen molar-refractivity contribution in [2.75, 3.05) is 5.32 Å². The van der Waals surface area contributed by atoms with Crippen molar-refractivity contribution in [1.82, 2.24) is 9.38 Å². The first-order chi connectivity index (χ1) is 14.2. The summed E-state index contributed by atoms with van der Waals surface area (Å²) in [6.45, 7) is 11.4. The van der Waals surface area contributed by atoms with Crippen LogP contribution >= 0.6 is 22.7 Å². The Hall–Kier alpha value is -2.55. The van der Waals surface area contributed by atoms with Gasteiger partial charge in [-0.1, -0.05) is 50.8 Å². The van der Waals surface area contributed by atoms with Crippen LogP contribution in [-0.2, 0) is 0 Å². The number of hydrogen-bond donors (Lipinski definition) is 1. The second-order valence-electron chi connectivity index (χ2n) is 9.39. The van der Waals surface area contributed by atoms with Crippen molar-refractivity contribution in [2.45, 2.75) is 46.6 Å². The molecule has 1 aromatic carbocycles. The zero-order valence-corrected chi connectivity index (χ0v) is 19.7. The fourth-order valence-corrected chi connectivity index (χ4v) is 5.52. The third kappa shape index (κ3) is 4.77. The van der Waals surface area contributed by atoms with E-state index in [1.54, 1.807) is 22.7 Å². The molecule has 4 rings (SSSR count). The van der Waals surface area contributed by atoms with Crippen molar-refractivity contribution in [2.24, 2.45) is 5.41 Å². The van der Waals surface area contributed by atoms with E-state index in [-0.39, 0.29) is 11.0 Å². The van der Waals surface area contributed by atoms with Crippen molar-refractivity contribution in [3.05, 3.63) is 64.5 Å². The highest BCUT2D eigenvalue weighted by molar-refractivity contribution is 7.16. The van der Waals surface area contributed by atoms with E-state index in [4.69, 9.17) is 4.98 Å². The highest BCUT2D eigenvalue weighted by Crippen LogP contribution is 2.38.